The zero-order chi connectivity index (χ0) is 10.3. The van der Waals surface area contributed by atoms with Gasteiger partial charge in [0.15, 0.2) is 0 Å². The van der Waals surface area contributed by atoms with Gasteiger partial charge in [-0.3, -0.25) is 0 Å². The highest BCUT2D eigenvalue weighted by Crippen LogP contribution is 2.32. The molecule has 0 radical (unpaired) electrons. The molecule has 5 atom stereocenters. The standard InChI is InChI=1S/C8H14N2O4/c9-8-10-5-4(14-8)1-3(2-11)6(12)7(5)13/h3-7,11-13H,1-2H2,(H2,9,10)/t3-,4+,5+,6-,7-/m1/s1. The van der Waals surface area contributed by atoms with E-state index in [0.29, 0.717) is 6.42 Å². The molecule has 0 amide bonds. The van der Waals surface area contributed by atoms with Crippen LogP contribution in [0.3, 0.4) is 0 Å². The van der Waals surface area contributed by atoms with Gasteiger partial charge in [-0.15, -0.1) is 0 Å². The number of aliphatic imine (C=N–C) groups is 1. The van der Waals surface area contributed by atoms with E-state index in [1.54, 1.807) is 0 Å². The molecule has 1 heterocycles. The minimum Gasteiger partial charge on any atom is -0.460 e. The first kappa shape index (κ1) is 9.70. The third kappa shape index (κ3) is 1.35. The van der Waals surface area contributed by atoms with Crippen molar-refractivity contribution in [3.8, 4) is 0 Å². The van der Waals surface area contributed by atoms with Gasteiger partial charge in [-0.05, 0) is 6.42 Å². The zero-order valence-corrected chi connectivity index (χ0v) is 7.58. The summed E-state index contributed by atoms with van der Waals surface area (Å²) in [5.41, 5.74) is 5.36. The monoisotopic (exact) mass is 202 g/mol. The normalized spacial score (nSPS) is 46.8. The Balaban J connectivity index is 2.14. The van der Waals surface area contributed by atoms with Gasteiger partial charge in [0.1, 0.15) is 18.2 Å². The molecule has 0 aromatic rings. The van der Waals surface area contributed by atoms with Crippen molar-refractivity contribution in [2.75, 3.05) is 6.61 Å². The number of nitrogens with two attached hydrogens (primary N) is 1. The van der Waals surface area contributed by atoms with Crippen LogP contribution in [-0.2, 0) is 4.74 Å². The van der Waals surface area contributed by atoms with Gasteiger partial charge in [-0.2, -0.15) is 0 Å². The third-order valence-electron chi connectivity index (χ3n) is 2.88. The highest BCUT2D eigenvalue weighted by Gasteiger charge is 2.47. The summed E-state index contributed by atoms with van der Waals surface area (Å²) in [6.45, 7) is -0.176. The number of amidine groups is 1. The van der Waals surface area contributed by atoms with Crippen LogP contribution in [0.4, 0.5) is 0 Å². The molecule has 14 heavy (non-hydrogen) atoms. The number of ether oxygens (including phenoxy) is 1. The summed E-state index contributed by atoms with van der Waals surface area (Å²) < 4.78 is 5.16. The second kappa shape index (κ2) is 3.38. The summed E-state index contributed by atoms with van der Waals surface area (Å²) in [7, 11) is 0. The van der Waals surface area contributed by atoms with E-state index in [9.17, 15) is 10.2 Å². The summed E-state index contributed by atoms with van der Waals surface area (Å²) in [4.78, 5) is 3.89. The second-order valence-corrected chi connectivity index (χ2v) is 3.77. The molecular formula is C8H14N2O4. The fourth-order valence-electron chi connectivity index (χ4n) is 2.07. The van der Waals surface area contributed by atoms with E-state index in [0.717, 1.165) is 0 Å². The minimum absolute atomic E-state index is 0.0461. The van der Waals surface area contributed by atoms with Crippen LogP contribution >= 0.6 is 0 Å². The molecule has 2 rings (SSSR count). The highest BCUT2D eigenvalue weighted by atomic mass is 16.5. The van der Waals surface area contributed by atoms with Gasteiger partial charge >= 0.3 is 0 Å². The Morgan fingerprint density at radius 3 is 2.79 bits per heavy atom. The van der Waals surface area contributed by atoms with Gasteiger partial charge in [0.25, 0.3) is 6.02 Å². The first-order chi connectivity index (χ1) is 6.63. The van der Waals surface area contributed by atoms with Gasteiger partial charge in [-0.1, -0.05) is 0 Å². The van der Waals surface area contributed by atoms with E-state index in [4.69, 9.17) is 15.6 Å². The number of hydrogen-bond acceptors (Lipinski definition) is 6. The molecule has 0 saturated heterocycles. The number of rotatable bonds is 1. The Morgan fingerprint density at radius 1 is 1.43 bits per heavy atom. The van der Waals surface area contributed by atoms with E-state index >= 15 is 0 Å². The first-order valence-electron chi connectivity index (χ1n) is 4.60. The minimum atomic E-state index is -1.01. The molecule has 1 aliphatic carbocycles. The van der Waals surface area contributed by atoms with E-state index in [-0.39, 0.29) is 24.7 Å². The maximum atomic E-state index is 9.66. The number of nitrogens with zero attached hydrogens (tertiary/aromatic N) is 1. The van der Waals surface area contributed by atoms with Crippen molar-refractivity contribution in [1.82, 2.24) is 0 Å². The Labute approximate surface area is 81.0 Å². The topological polar surface area (TPSA) is 108 Å². The smallest absolute Gasteiger partial charge is 0.282 e. The molecule has 6 nitrogen and oxygen atoms in total. The van der Waals surface area contributed by atoms with Crippen molar-refractivity contribution in [2.24, 2.45) is 16.6 Å². The molecule has 6 heteroatoms. The predicted octanol–water partition coefficient (Wildman–Crippen LogP) is -2.20. The van der Waals surface area contributed by atoms with Crippen molar-refractivity contribution in [3.63, 3.8) is 0 Å². The largest absolute Gasteiger partial charge is 0.460 e. The van der Waals surface area contributed by atoms with Crippen LogP contribution in [0.25, 0.3) is 0 Å². The first-order valence-corrected chi connectivity index (χ1v) is 4.60. The summed E-state index contributed by atoms with van der Waals surface area (Å²) >= 11 is 0. The average Bonchev–Trinajstić information content (AvgIpc) is 2.52. The van der Waals surface area contributed by atoms with Gasteiger partial charge in [0.2, 0.25) is 0 Å². The number of aliphatic hydroxyl groups is 3. The summed E-state index contributed by atoms with van der Waals surface area (Å²) in [6, 6.07) is -0.447. The van der Waals surface area contributed by atoms with Crippen LogP contribution in [0.1, 0.15) is 6.42 Å². The van der Waals surface area contributed by atoms with Crippen LogP contribution in [-0.4, -0.2) is 52.3 Å². The van der Waals surface area contributed by atoms with E-state index < -0.39 is 18.2 Å². The van der Waals surface area contributed by atoms with Gasteiger partial charge in [-0.25, -0.2) is 4.99 Å². The van der Waals surface area contributed by atoms with Crippen molar-refractivity contribution in [3.05, 3.63) is 0 Å². The van der Waals surface area contributed by atoms with Crippen molar-refractivity contribution < 1.29 is 20.1 Å². The van der Waals surface area contributed by atoms with Crippen LogP contribution in [0, 0.1) is 5.92 Å². The SMILES string of the molecule is NC1=N[C@@H]2[C@@H](O)[C@H](O)[C@@H](CO)C[C@@H]2O1. The Hall–Kier alpha value is -0.850. The van der Waals surface area contributed by atoms with E-state index in [1.807, 2.05) is 0 Å². The van der Waals surface area contributed by atoms with Gasteiger partial charge in [0, 0.05) is 12.5 Å². The molecule has 5 N–H and O–H groups in total. The lowest BCUT2D eigenvalue weighted by Gasteiger charge is -2.36. The molecule has 80 valence electrons. The van der Waals surface area contributed by atoms with Crippen LogP contribution in [0.15, 0.2) is 4.99 Å². The van der Waals surface area contributed by atoms with Crippen LogP contribution < -0.4 is 5.73 Å². The predicted molar refractivity (Wildman–Crippen MR) is 47.5 cm³/mol. The van der Waals surface area contributed by atoms with Crippen LogP contribution in [0.2, 0.25) is 0 Å². The fourth-order valence-corrected chi connectivity index (χ4v) is 2.07. The summed E-state index contributed by atoms with van der Waals surface area (Å²) in [6.07, 6.45) is -1.82. The quantitative estimate of drug-likeness (QED) is 0.386. The molecule has 0 spiro atoms. The maximum absolute atomic E-state index is 9.66. The fraction of sp³-hybridized carbons (Fsp3) is 0.875. The van der Waals surface area contributed by atoms with Gasteiger partial charge in [0.05, 0.1) is 6.10 Å². The second-order valence-electron chi connectivity index (χ2n) is 3.77. The summed E-state index contributed by atoms with van der Waals surface area (Å²) in [5, 5.41) is 28.2. The Morgan fingerprint density at radius 2 is 2.14 bits per heavy atom. The Kier molecular flexibility index (Phi) is 2.34. The molecule has 0 unspecified atom stereocenters. The highest BCUT2D eigenvalue weighted by molar-refractivity contribution is 5.73. The molecule has 1 aliphatic heterocycles. The Bertz CT molecular complexity index is 258. The molecular weight excluding hydrogens is 188 g/mol. The lowest BCUT2D eigenvalue weighted by Crippen LogP contribution is -2.52. The van der Waals surface area contributed by atoms with Crippen molar-refractivity contribution in [1.29, 1.82) is 0 Å². The number of hydrogen-bond donors (Lipinski definition) is 4. The zero-order valence-electron chi connectivity index (χ0n) is 7.58. The van der Waals surface area contributed by atoms with Crippen molar-refractivity contribution in [2.45, 2.75) is 30.8 Å². The molecule has 1 saturated carbocycles. The third-order valence-corrected chi connectivity index (χ3v) is 2.88. The molecule has 1 fully saturated rings. The van der Waals surface area contributed by atoms with E-state index in [1.165, 1.54) is 0 Å². The van der Waals surface area contributed by atoms with Crippen LogP contribution in [0.5, 0.6) is 0 Å². The lowest BCUT2D eigenvalue weighted by molar-refractivity contribution is -0.0946. The number of aliphatic hydroxyl groups excluding tert-OH is 3. The average molecular weight is 202 g/mol. The maximum Gasteiger partial charge on any atom is 0.282 e. The summed E-state index contributed by atoms with van der Waals surface area (Å²) in [5.74, 6) is -0.368. The lowest BCUT2D eigenvalue weighted by atomic mass is 9.80. The molecule has 2 aliphatic rings. The molecule has 0 aromatic heterocycles. The number of fused-ring (bicyclic) bond motifs is 1. The van der Waals surface area contributed by atoms with Gasteiger partial charge < -0.3 is 25.8 Å². The van der Waals surface area contributed by atoms with E-state index in [2.05, 4.69) is 4.99 Å². The van der Waals surface area contributed by atoms with Crippen molar-refractivity contribution >= 4 is 6.02 Å². The molecule has 0 aromatic carbocycles. The molecule has 0 bridgehead atoms.